The third-order valence-corrected chi connectivity index (χ3v) is 8.72. The number of fused-ring (bicyclic) bond motifs is 1. The van der Waals surface area contributed by atoms with Gasteiger partial charge in [-0.2, -0.15) is 10.1 Å². The average molecular weight is 596 g/mol. The molecule has 0 saturated heterocycles. The summed E-state index contributed by atoms with van der Waals surface area (Å²) in [7, 11) is -2.33. The van der Waals surface area contributed by atoms with Crippen LogP contribution in [0.2, 0.25) is 0 Å². The number of aromatic nitrogens is 1. The molecule has 0 aliphatic heterocycles. The average Bonchev–Trinajstić information content (AvgIpc) is 3.58. The summed E-state index contributed by atoms with van der Waals surface area (Å²) in [6.45, 7) is 0. The third-order valence-electron chi connectivity index (χ3n) is 5.44. The van der Waals surface area contributed by atoms with Crippen molar-refractivity contribution < 1.29 is 17.6 Å². The van der Waals surface area contributed by atoms with Crippen LogP contribution in [-0.4, -0.2) is 32.6 Å². The first-order valence-corrected chi connectivity index (χ1v) is 14.0. The van der Waals surface area contributed by atoms with Gasteiger partial charge in [-0.3, -0.25) is 9.10 Å². The number of para-hydroxylation sites is 1. The normalized spacial score (nSPS) is 11.7. The van der Waals surface area contributed by atoms with Gasteiger partial charge >= 0.3 is 0 Å². The number of carbonyl (C=O) groups excluding carboxylic acids is 1. The van der Waals surface area contributed by atoms with Crippen molar-refractivity contribution in [3.8, 4) is 0 Å². The Kier molecular flexibility index (Phi) is 6.92. The fraction of sp³-hybridized carbons (Fsp3) is 0.0385. The molecule has 37 heavy (non-hydrogen) atoms. The molecule has 0 radical (unpaired) electrons. The van der Waals surface area contributed by atoms with Crippen LogP contribution in [0.5, 0.6) is 0 Å². The van der Waals surface area contributed by atoms with E-state index in [4.69, 9.17) is 4.42 Å². The van der Waals surface area contributed by atoms with Crippen LogP contribution >= 0.6 is 27.3 Å². The van der Waals surface area contributed by atoms with Gasteiger partial charge in [0.05, 0.1) is 33.3 Å². The molecule has 5 aromatic rings. The quantitative estimate of drug-likeness (QED) is 0.166. The Morgan fingerprint density at radius 1 is 1.03 bits per heavy atom. The molecule has 0 fully saturated rings. The lowest BCUT2D eigenvalue weighted by Crippen LogP contribution is -2.27. The van der Waals surface area contributed by atoms with Crippen molar-refractivity contribution >= 4 is 70.4 Å². The summed E-state index contributed by atoms with van der Waals surface area (Å²) in [4.78, 5) is 18.2. The van der Waals surface area contributed by atoms with E-state index < -0.39 is 15.9 Å². The molecular formula is C26H19BrN4O4S2. The first-order chi connectivity index (χ1) is 17.8. The number of furan rings is 1. The van der Waals surface area contributed by atoms with Gasteiger partial charge in [0.15, 0.2) is 0 Å². The molecule has 186 valence electrons. The molecule has 8 nitrogen and oxygen atoms in total. The number of sulfonamides is 1. The van der Waals surface area contributed by atoms with E-state index in [2.05, 4.69) is 26.0 Å². The topological polar surface area (TPSA) is 96.1 Å². The Balaban J connectivity index is 1.47. The van der Waals surface area contributed by atoms with Crippen molar-refractivity contribution in [3.63, 3.8) is 0 Å². The predicted octanol–water partition coefficient (Wildman–Crippen LogP) is 6.16. The van der Waals surface area contributed by atoms with Crippen LogP contribution in [0.3, 0.4) is 0 Å². The van der Waals surface area contributed by atoms with Crippen LogP contribution in [0, 0.1) is 0 Å². The summed E-state index contributed by atoms with van der Waals surface area (Å²) in [5, 5.41) is 5.89. The molecule has 5 rings (SSSR count). The van der Waals surface area contributed by atoms with Crippen LogP contribution in [0.4, 0.5) is 10.8 Å². The predicted molar refractivity (Wildman–Crippen MR) is 149 cm³/mol. The fourth-order valence-electron chi connectivity index (χ4n) is 3.47. The zero-order valence-corrected chi connectivity index (χ0v) is 22.6. The van der Waals surface area contributed by atoms with Crippen molar-refractivity contribution in [2.75, 3.05) is 16.4 Å². The molecule has 0 spiro atoms. The number of carbonyl (C=O) groups is 1. The summed E-state index contributed by atoms with van der Waals surface area (Å²) < 4.78 is 34.5. The van der Waals surface area contributed by atoms with Gasteiger partial charge in [-0.25, -0.2) is 13.4 Å². The lowest BCUT2D eigenvalue weighted by molar-refractivity contribution is 0.0987. The van der Waals surface area contributed by atoms with E-state index in [1.54, 1.807) is 36.4 Å². The Hall–Kier alpha value is -3.80. The van der Waals surface area contributed by atoms with Crippen molar-refractivity contribution in [1.29, 1.82) is 0 Å². The minimum Gasteiger partial charge on any atom is -0.463 e. The van der Waals surface area contributed by atoms with E-state index in [0.717, 1.165) is 14.7 Å². The van der Waals surface area contributed by atoms with Crippen molar-refractivity contribution in [3.05, 3.63) is 107 Å². The molecule has 0 unspecified atom stereocenters. The number of hydrogen-bond acceptors (Lipinski definition) is 7. The minimum absolute atomic E-state index is 0.0610. The second-order valence-corrected chi connectivity index (χ2v) is 11.7. The van der Waals surface area contributed by atoms with E-state index in [1.807, 2.05) is 24.3 Å². The van der Waals surface area contributed by atoms with E-state index in [1.165, 1.54) is 64.4 Å². The number of hydrogen-bond donors (Lipinski definition) is 0. The highest BCUT2D eigenvalue weighted by molar-refractivity contribution is 9.10. The maximum absolute atomic E-state index is 13.5. The second kappa shape index (κ2) is 10.3. The smallest absolute Gasteiger partial charge is 0.280 e. The number of amides is 1. The summed E-state index contributed by atoms with van der Waals surface area (Å²) in [5.41, 5.74) is 1.50. The van der Waals surface area contributed by atoms with Crippen LogP contribution in [0.25, 0.3) is 10.2 Å². The largest absolute Gasteiger partial charge is 0.463 e. The van der Waals surface area contributed by atoms with Crippen molar-refractivity contribution in [2.24, 2.45) is 5.10 Å². The summed E-state index contributed by atoms with van der Waals surface area (Å²) in [6.07, 6.45) is 2.93. The highest BCUT2D eigenvalue weighted by atomic mass is 79.9. The Morgan fingerprint density at radius 3 is 2.49 bits per heavy atom. The molecule has 2 heterocycles. The minimum atomic E-state index is -3.82. The summed E-state index contributed by atoms with van der Waals surface area (Å²) in [5.74, 6) is -0.00617. The SMILES string of the molecule is CN(c1ccccc1)S(=O)(=O)c1ccc(C(=O)N(/N=C/c2ccco2)c2nc3ccc(Br)cc3s2)cc1. The van der Waals surface area contributed by atoms with E-state index in [-0.39, 0.29) is 10.5 Å². The first kappa shape index (κ1) is 24.9. The molecule has 1 amide bonds. The van der Waals surface area contributed by atoms with Crippen LogP contribution in [-0.2, 0) is 10.0 Å². The number of rotatable bonds is 7. The van der Waals surface area contributed by atoms with Gasteiger partial charge in [0, 0.05) is 17.1 Å². The fourth-order valence-corrected chi connectivity index (χ4v) is 6.14. The monoisotopic (exact) mass is 594 g/mol. The Morgan fingerprint density at radius 2 is 1.78 bits per heavy atom. The van der Waals surface area contributed by atoms with E-state index in [0.29, 0.717) is 16.6 Å². The van der Waals surface area contributed by atoms with Gasteiger partial charge in [0.2, 0.25) is 5.13 Å². The maximum Gasteiger partial charge on any atom is 0.280 e. The number of halogens is 1. The summed E-state index contributed by atoms with van der Waals surface area (Å²) in [6, 6.07) is 23.6. The molecule has 3 aromatic carbocycles. The van der Waals surface area contributed by atoms with Gasteiger partial charge in [-0.1, -0.05) is 45.5 Å². The third kappa shape index (κ3) is 5.19. The van der Waals surface area contributed by atoms with Crippen molar-refractivity contribution in [2.45, 2.75) is 4.90 Å². The van der Waals surface area contributed by atoms with Gasteiger partial charge in [0.1, 0.15) is 5.76 Å². The number of hydrazone groups is 1. The van der Waals surface area contributed by atoms with Crippen LogP contribution in [0.15, 0.2) is 110 Å². The zero-order valence-electron chi connectivity index (χ0n) is 19.4. The van der Waals surface area contributed by atoms with Gasteiger partial charge in [-0.15, -0.1) is 0 Å². The van der Waals surface area contributed by atoms with Crippen molar-refractivity contribution in [1.82, 2.24) is 4.98 Å². The molecule has 11 heteroatoms. The highest BCUT2D eigenvalue weighted by Crippen LogP contribution is 2.32. The molecule has 0 aliphatic rings. The van der Waals surface area contributed by atoms with E-state index >= 15 is 0 Å². The molecule has 0 aliphatic carbocycles. The molecule has 0 bridgehead atoms. The number of benzene rings is 3. The standard InChI is InChI=1S/C26H19BrN4O4S2/c1-30(20-6-3-2-4-7-20)37(33,34)22-12-9-18(10-13-22)25(32)31(28-17-21-8-5-15-35-21)26-29-23-14-11-19(27)16-24(23)36-26/h2-17H,1H3/b28-17+. The number of nitrogens with zero attached hydrogens (tertiary/aromatic N) is 4. The molecule has 0 atom stereocenters. The van der Waals surface area contributed by atoms with Crippen LogP contribution < -0.4 is 9.31 Å². The van der Waals surface area contributed by atoms with E-state index in [9.17, 15) is 13.2 Å². The highest BCUT2D eigenvalue weighted by Gasteiger charge is 2.24. The second-order valence-electron chi connectivity index (χ2n) is 7.82. The lowest BCUT2D eigenvalue weighted by Gasteiger charge is -2.19. The van der Waals surface area contributed by atoms with Crippen LogP contribution in [0.1, 0.15) is 16.1 Å². The first-order valence-electron chi connectivity index (χ1n) is 10.9. The number of anilines is 2. The molecular weight excluding hydrogens is 576 g/mol. The number of thiazole rings is 1. The van der Waals surface area contributed by atoms with Gasteiger partial charge in [0.25, 0.3) is 15.9 Å². The molecule has 0 N–H and O–H groups in total. The zero-order chi connectivity index (χ0) is 26.0. The Labute approximate surface area is 225 Å². The molecule has 2 aromatic heterocycles. The molecule has 0 saturated carbocycles. The van der Waals surface area contributed by atoms with Gasteiger partial charge in [-0.05, 0) is 66.7 Å². The summed E-state index contributed by atoms with van der Waals surface area (Å²) >= 11 is 4.76. The maximum atomic E-state index is 13.5. The lowest BCUT2D eigenvalue weighted by atomic mass is 10.2. The Bertz CT molecular complexity index is 1680. The van der Waals surface area contributed by atoms with Gasteiger partial charge < -0.3 is 4.42 Å².